The predicted octanol–water partition coefficient (Wildman–Crippen LogP) is 3.82. The summed E-state index contributed by atoms with van der Waals surface area (Å²) in [5.74, 6) is -1.09. The number of halogens is 5. The van der Waals surface area contributed by atoms with Gasteiger partial charge in [-0.05, 0) is 18.2 Å². The maximum absolute atomic E-state index is 12.0. The molecule has 7 heteroatoms. The summed E-state index contributed by atoms with van der Waals surface area (Å²) in [5.41, 5.74) is -0.207. The molecule has 88 valence electrons. The van der Waals surface area contributed by atoms with Gasteiger partial charge in [0.1, 0.15) is 5.75 Å². The summed E-state index contributed by atoms with van der Waals surface area (Å²) in [6.45, 7) is 0. The van der Waals surface area contributed by atoms with Crippen molar-refractivity contribution < 1.29 is 22.7 Å². The Morgan fingerprint density at radius 3 is 2.56 bits per heavy atom. The van der Waals surface area contributed by atoms with Crippen molar-refractivity contribution in [2.24, 2.45) is 0 Å². The molecule has 1 aromatic rings. The second kappa shape index (κ2) is 5.05. The van der Waals surface area contributed by atoms with Crippen LogP contribution in [0.1, 0.15) is 10.4 Å². The topological polar surface area (TPSA) is 26.3 Å². The zero-order chi connectivity index (χ0) is 12.3. The minimum Gasteiger partial charge on any atom is -0.405 e. The minimum atomic E-state index is -4.84. The first-order valence-electron chi connectivity index (χ1n) is 3.98. The van der Waals surface area contributed by atoms with Gasteiger partial charge in [0.2, 0.25) is 0 Å². The number of ketones is 1. The monoisotopic (exact) mass is 316 g/mol. The highest BCUT2D eigenvalue weighted by Crippen LogP contribution is 2.29. The SMILES string of the molecule is O=C(CBr)c1cc(Cl)ccc1OC(F)(F)F. The average molecular weight is 317 g/mol. The molecule has 0 N–H and O–H groups in total. The van der Waals surface area contributed by atoms with Crippen LogP contribution >= 0.6 is 27.5 Å². The maximum atomic E-state index is 12.0. The normalized spacial score (nSPS) is 11.3. The third-order valence-electron chi connectivity index (χ3n) is 1.59. The van der Waals surface area contributed by atoms with Gasteiger partial charge in [-0.1, -0.05) is 27.5 Å². The van der Waals surface area contributed by atoms with Crippen LogP contribution in [0.3, 0.4) is 0 Å². The summed E-state index contributed by atoms with van der Waals surface area (Å²) in [4.78, 5) is 11.3. The molecule has 0 aliphatic heterocycles. The molecule has 0 fully saturated rings. The number of alkyl halides is 4. The molecule has 0 heterocycles. The Morgan fingerprint density at radius 1 is 1.44 bits per heavy atom. The zero-order valence-corrected chi connectivity index (χ0v) is 9.99. The lowest BCUT2D eigenvalue weighted by Crippen LogP contribution is -2.19. The highest BCUT2D eigenvalue weighted by atomic mass is 79.9. The molecule has 0 saturated heterocycles. The molecular weight excluding hydrogens is 312 g/mol. The van der Waals surface area contributed by atoms with Crippen molar-refractivity contribution in [2.45, 2.75) is 6.36 Å². The van der Waals surface area contributed by atoms with Crippen molar-refractivity contribution in [3.63, 3.8) is 0 Å². The van der Waals surface area contributed by atoms with Gasteiger partial charge in [0, 0.05) is 5.02 Å². The first-order valence-corrected chi connectivity index (χ1v) is 5.48. The van der Waals surface area contributed by atoms with Crippen LogP contribution in [0.4, 0.5) is 13.2 Å². The molecule has 0 aliphatic rings. The van der Waals surface area contributed by atoms with Gasteiger partial charge in [0.05, 0.1) is 10.9 Å². The molecule has 1 aromatic carbocycles. The highest BCUT2D eigenvalue weighted by molar-refractivity contribution is 9.09. The van der Waals surface area contributed by atoms with E-state index in [1.54, 1.807) is 0 Å². The molecule has 16 heavy (non-hydrogen) atoms. The van der Waals surface area contributed by atoms with E-state index >= 15 is 0 Å². The van der Waals surface area contributed by atoms with Gasteiger partial charge in [0.25, 0.3) is 0 Å². The van der Waals surface area contributed by atoms with Crippen molar-refractivity contribution in [1.29, 1.82) is 0 Å². The number of hydrogen-bond acceptors (Lipinski definition) is 2. The first-order chi connectivity index (χ1) is 7.33. The predicted molar refractivity (Wildman–Crippen MR) is 56.3 cm³/mol. The van der Waals surface area contributed by atoms with Crippen LogP contribution in [0.25, 0.3) is 0 Å². The van der Waals surface area contributed by atoms with Crippen molar-refractivity contribution >= 4 is 33.3 Å². The van der Waals surface area contributed by atoms with E-state index < -0.39 is 17.9 Å². The maximum Gasteiger partial charge on any atom is 0.573 e. The number of Topliss-reactive ketones (excluding diaryl/α,β-unsaturated/α-hetero) is 1. The van der Waals surface area contributed by atoms with E-state index in [9.17, 15) is 18.0 Å². The largest absolute Gasteiger partial charge is 0.573 e. The third kappa shape index (κ3) is 3.68. The van der Waals surface area contributed by atoms with Gasteiger partial charge in [-0.25, -0.2) is 0 Å². The lowest BCUT2D eigenvalue weighted by Gasteiger charge is -2.12. The lowest BCUT2D eigenvalue weighted by molar-refractivity contribution is -0.274. The van der Waals surface area contributed by atoms with Crippen LogP contribution < -0.4 is 4.74 Å². The molecule has 2 nitrogen and oxygen atoms in total. The highest BCUT2D eigenvalue weighted by Gasteiger charge is 2.32. The fourth-order valence-electron chi connectivity index (χ4n) is 1.01. The fraction of sp³-hybridized carbons (Fsp3) is 0.222. The molecular formula is C9H5BrClF3O2. The van der Waals surface area contributed by atoms with E-state index in [0.29, 0.717) is 0 Å². The zero-order valence-electron chi connectivity index (χ0n) is 7.65. The number of hydrogen-bond donors (Lipinski definition) is 0. The van der Waals surface area contributed by atoms with E-state index in [4.69, 9.17) is 11.6 Å². The molecule has 0 saturated carbocycles. The minimum absolute atomic E-state index is 0.110. The van der Waals surface area contributed by atoms with Gasteiger partial charge in [-0.2, -0.15) is 0 Å². The Balaban J connectivity index is 3.13. The molecule has 0 radical (unpaired) electrons. The Labute approximate surface area is 102 Å². The van der Waals surface area contributed by atoms with Gasteiger partial charge >= 0.3 is 6.36 Å². The second-order valence-corrected chi connectivity index (χ2v) is 3.74. The Bertz CT molecular complexity index is 406. The number of carbonyl (C=O) groups is 1. The molecule has 0 spiro atoms. The van der Waals surface area contributed by atoms with Crippen molar-refractivity contribution in [2.75, 3.05) is 5.33 Å². The number of carbonyl (C=O) groups excluding carboxylic acids is 1. The van der Waals surface area contributed by atoms with Crippen LogP contribution in [-0.4, -0.2) is 17.5 Å². The van der Waals surface area contributed by atoms with Crippen molar-refractivity contribution in [3.8, 4) is 5.75 Å². The fourth-order valence-corrected chi connectivity index (χ4v) is 1.48. The molecule has 0 aliphatic carbocycles. The van der Waals surface area contributed by atoms with E-state index in [2.05, 4.69) is 20.7 Å². The van der Waals surface area contributed by atoms with E-state index in [1.165, 1.54) is 6.07 Å². The summed E-state index contributed by atoms with van der Waals surface area (Å²) in [7, 11) is 0. The molecule has 0 unspecified atom stereocenters. The van der Waals surface area contributed by atoms with Crippen LogP contribution in [0.5, 0.6) is 5.75 Å². The molecule has 0 atom stereocenters. The molecule has 0 bridgehead atoms. The van der Waals surface area contributed by atoms with Gasteiger partial charge in [-0.15, -0.1) is 13.2 Å². The van der Waals surface area contributed by atoms with Crippen molar-refractivity contribution in [3.05, 3.63) is 28.8 Å². The van der Waals surface area contributed by atoms with Gasteiger partial charge < -0.3 is 4.74 Å². The smallest absolute Gasteiger partial charge is 0.405 e. The standard InChI is InChI=1S/C9H5BrClF3O2/c10-4-7(15)6-3-5(11)1-2-8(6)16-9(12,13)14/h1-3H,4H2. The van der Waals surface area contributed by atoms with Gasteiger partial charge in [0.15, 0.2) is 5.78 Å². The Hall–Kier alpha value is -0.750. The first kappa shape index (κ1) is 13.3. The Morgan fingerprint density at radius 2 is 2.06 bits per heavy atom. The molecule has 1 rings (SSSR count). The quantitative estimate of drug-likeness (QED) is 0.626. The average Bonchev–Trinajstić information content (AvgIpc) is 2.17. The number of ether oxygens (including phenoxy) is 1. The van der Waals surface area contributed by atoms with Gasteiger partial charge in [-0.3, -0.25) is 4.79 Å². The van der Waals surface area contributed by atoms with Crippen LogP contribution in [0, 0.1) is 0 Å². The molecule has 0 amide bonds. The van der Waals surface area contributed by atoms with Crippen molar-refractivity contribution in [1.82, 2.24) is 0 Å². The summed E-state index contributed by atoms with van der Waals surface area (Å²) < 4.78 is 39.7. The summed E-state index contributed by atoms with van der Waals surface area (Å²) >= 11 is 8.45. The third-order valence-corrected chi connectivity index (χ3v) is 2.33. The van der Waals surface area contributed by atoms with E-state index in [0.717, 1.165) is 12.1 Å². The Kier molecular flexibility index (Phi) is 4.21. The molecule has 0 aromatic heterocycles. The summed E-state index contributed by atoms with van der Waals surface area (Å²) in [6.07, 6.45) is -4.84. The summed E-state index contributed by atoms with van der Waals surface area (Å²) in [5, 5.41) is 0.0560. The van der Waals surface area contributed by atoms with Crippen LogP contribution in [-0.2, 0) is 0 Å². The lowest BCUT2D eigenvalue weighted by atomic mass is 10.1. The van der Waals surface area contributed by atoms with Crippen LogP contribution in [0.15, 0.2) is 18.2 Å². The number of benzene rings is 1. The van der Waals surface area contributed by atoms with Crippen LogP contribution in [0.2, 0.25) is 5.02 Å². The van der Waals surface area contributed by atoms with E-state index in [-0.39, 0.29) is 15.9 Å². The number of rotatable bonds is 3. The van der Waals surface area contributed by atoms with E-state index in [1.807, 2.05) is 0 Å². The summed E-state index contributed by atoms with van der Waals surface area (Å²) in [6, 6.07) is 3.35. The second-order valence-electron chi connectivity index (χ2n) is 2.75.